The lowest BCUT2D eigenvalue weighted by atomic mass is 9.95. The van der Waals surface area contributed by atoms with Gasteiger partial charge in [-0.25, -0.2) is 9.59 Å². The highest BCUT2D eigenvalue weighted by Gasteiger charge is 2.38. The number of ether oxygens (including phenoxy) is 3. The summed E-state index contributed by atoms with van der Waals surface area (Å²) in [6, 6.07) is 11.9. The summed E-state index contributed by atoms with van der Waals surface area (Å²) in [4.78, 5) is 68.4. The normalized spacial score (nSPS) is 13.9. The number of alkyl halides is 1. The minimum atomic E-state index is -1.19. The van der Waals surface area contributed by atoms with E-state index in [-0.39, 0.29) is 52.1 Å². The molecule has 0 fully saturated rings. The van der Waals surface area contributed by atoms with Gasteiger partial charge >= 0.3 is 12.1 Å². The van der Waals surface area contributed by atoms with Crippen molar-refractivity contribution in [1.29, 1.82) is 0 Å². The third-order valence-electron chi connectivity index (χ3n) is 7.66. The van der Waals surface area contributed by atoms with Gasteiger partial charge in [-0.2, -0.15) is 0 Å². The van der Waals surface area contributed by atoms with Crippen LogP contribution in [0.2, 0.25) is 0 Å². The van der Waals surface area contributed by atoms with Gasteiger partial charge in [0.05, 0.1) is 33.7 Å². The number of nitro benzene ring substituents is 2. The molecule has 0 aliphatic carbocycles. The van der Waals surface area contributed by atoms with Gasteiger partial charge in [0.1, 0.15) is 11.4 Å². The van der Waals surface area contributed by atoms with Crippen molar-refractivity contribution in [2.45, 2.75) is 12.8 Å². The maximum Gasteiger partial charge on any atom is 0.519 e. The number of fused-ring (bicyclic) bond motifs is 4. The Labute approximate surface area is 262 Å². The number of esters is 1. The van der Waals surface area contributed by atoms with E-state index in [4.69, 9.17) is 25.8 Å². The monoisotopic (exact) mass is 647 g/mol. The molecule has 46 heavy (non-hydrogen) atoms. The summed E-state index contributed by atoms with van der Waals surface area (Å²) < 4.78 is 15.8. The first-order valence-corrected chi connectivity index (χ1v) is 14.1. The molecule has 5 aromatic rings. The van der Waals surface area contributed by atoms with Gasteiger partial charge in [0.2, 0.25) is 0 Å². The number of nitro groups is 2. The fourth-order valence-electron chi connectivity index (χ4n) is 5.62. The van der Waals surface area contributed by atoms with Crippen molar-refractivity contribution >= 4 is 68.5 Å². The summed E-state index contributed by atoms with van der Waals surface area (Å²) in [7, 11) is 1.22. The van der Waals surface area contributed by atoms with Gasteiger partial charge in [0.15, 0.2) is 5.75 Å². The van der Waals surface area contributed by atoms with Gasteiger partial charge in [-0.3, -0.25) is 25.0 Å². The van der Waals surface area contributed by atoms with Crippen molar-refractivity contribution < 1.29 is 38.4 Å². The van der Waals surface area contributed by atoms with E-state index in [1.165, 1.54) is 54.5 Å². The van der Waals surface area contributed by atoms with E-state index in [1.54, 1.807) is 6.92 Å². The number of non-ortho nitro benzene ring substituents is 2. The van der Waals surface area contributed by atoms with Gasteiger partial charge in [0.25, 0.3) is 17.3 Å². The number of halogens is 1. The van der Waals surface area contributed by atoms with Crippen LogP contribution in [0.1, 0.15) is 38.0 Å². The minimum absolute atomic E-state index is 0.0241. The van der Waals surface area contributed by atoms with Crippen LogP contribution in [0.4, 0.5) is 21.9 Å². The Morgan fingerprint density at radius 2 is 1.67 bits per heavy atom. The van der Waals surface area contributed by atoms with E-state index in [0.717, 1.165) is 12.1 Å². The summed E-state index contributed by atoms with van der Waals surface area (Å²) in [6.45, 7) is 1.73. The maximum absolute atomic E-state index is 14.0. The number of nitrogens with zero attached hydrogens (tertiary/aromatic N) is 3. The fourth-order valence-corrected chi connectivity index (χ4v) is 5.87. The first kappa shape index (κ1) is 30.1. The molecule has 234 valence electrons. The van der Waals surface area contributed by atoms with Gasteiger partial charge in [-0.15, -0.1) is 11.6 Å². The molecule has 0 bridgehead atoms. The average Bonchev–Trinajstić information content (AvgIpc) is 3.73. The number of carbonyl (C=O) groups is 3. The number of H-pyrrole nitrogens is 2. The number of nitrogens with one attached hydrogen (secondary N) is 2. The molecule has 1 atom stereocenters. The quantitative estimate of drug-likeness (QED) is 0.0681. The number of benzene rings is 3. The Hall–Kier alpha value is -5.96. The molecule has 6 rings (SSSR count). The number of methoxy groups -OCH3 is 1. The molecule has 1 aliphatic rings. The lowest BCUT2D eigenvalue weighted by molar-refractivity contribution is -0.385. The maximum atomic E-state index is 14.0. The molecule has 0 unspecified atom stereocenters. The Balaban J connectivity index is 1.44. The number of aromatic nitrogens is 2. The summed E-state index contributed by atoms with van der Waals surface area (Å²) in [5, 5.41) is 23.0. The van der Waals surface area contributed by atoms with Gasteiger partial charge in [0, 0.05) is 70.7 Å². The van der Waals surface area contributed by atoms with Crippen LogP contribution in [0, 0.1) is 27.2 Å². The third kappa shape index (κ3) is 5.11. The highest BCUT2D eigenvalue weighted by atomic mass is 35.5. The topological polar surface area (TPSA) is 200 Å². The Bertz CT molecular complexity index is 2100. The second kappa shape index (κ2) is 11.5. The van der Waals surface area contributed by atoms with Crippen LogP contribution < -0.4 is 14.4 Å². The molecule has 2 N–H and O–H groups in total. The summed E-state index contributed by atoms with van der Waals surface area (Å²) in [6.07, 6.45) is -1.19. The van der Waals surface area contributed by atoms with Crippen molar-refractivity contribution in [2.24, 2.45) is 0 Å². The summed E-state index contributed by atoms with van der Waals surface area (Å²) in [5.74, 6) is -1.67. The van der Waals surface area contributed by atoms with Crippen molar-refractivity contribution in [3.8, 4) is 11.5 Å². The molecule has 0 radical (unpaired) electrons. The number of amides is 1. The highest BCUT2D eigenvalue weighted by molar-refractivity contribution is 6.20. The van der Waals surface area contributed by atoms with Gasteiger partial charge < -0.3 is 29.1 Å². The zero-order chi connectivity index (χ0) is 32.9. The number of hydrogen-bond donors (Lipinski definition) is 2. The summed E-state index contributed by atoms with van der Waals surface area (Å²) >= 11 is 6.40. The fraction of sp³-hybridized carbons (Fsp3) is 0.167. The lowest BCUT2D eigenvalue weighted by Crippen LogP contribution is -2.30. The Kier molecular flexibility index (Phi) is 7.53. The Morgan fingerprint density at radius 1 is 0.978 bits per heavy atom. The number of hydrogen-bond acceptors (Lipinski definition) is 10. The highest BCUT2D eigenvalue weighted by Crippen LogP contribution is 2.48. The first-order chi connectivity index (χ1) is 22.0. The second-order valence-corrected chi connectivity index (χ2v) is 10.7. The molecule has 2 aromatic heterocycles. The number of carbonyl (C=O) groups excluding carboxylic acids is 3. The molecule has 3 heterocycles. The van der Waals surface area contributed by atoms with Crippen LogP contribution in [0.25, 0.3) is 21.8 Å². The lowest BCUT2D eigenvalue weighted by Gasteiger charge is -2.18. The molecular weight excluding hydrogens is 626 g/mol. The number of rotatable bonds is 7. The average molecular weight is 648 g/mol. The first-order valence-electron chi connectivity index (χ1n) is 13.6. The third-order valence-corrected chi connectivity index (χ3v) is 8.03. The largest absolute Gasteiger partial charge is 0.519 e. The molecule has 15 nitrogen and oxygen atoms in total. The molecule has 16 heteroatoms. The zero-order valence-corrected chi connectivity index (χ0v) is 24.7. The van der Waals surface area contributed by atoms with Crippen molar-refractivity contribution in [3.63, 3.8) is 0 Å². The standard InChI is InChI=1S/C30H22ClN5O10/c1-14-24(29(38)44-2)26-25-16(12-31)13-34(28(37)21-10-15-9-18(36(42)43)5-8-20(15)33-21)22(25)11-23(27(26)32-14)46-30(39)45-19-6-3-17(4-7-19)35(40)41/h3-11,16,32-33H,12-13H2,1-2H3/t16-/m1/s1. The van der Waals surface area contributed by atoms with Crippen LogP contribution in [0.3, 0.4) is 0 Å². The Morgan fingerprint density at radius 3 is 2.33 bits per heavy atom. The van der Waals surface area contributed by atoms with Crippen molar-refractivity contribution in [1.82, 2.24) is 9.97 Å². The van der Waals surface area contributed by atoms with E-state index >= 15 is 0 Å². The molecule has 0 saturated carbocycles. The van der Waals surface area contributed by atoms with Crippen molar-refractivity contribution in [3.05, 3.63) is 97.3 Å². The number of aromatic amines is 2. The predicted molar refractivity (Wildman–Crippen MR) is 164 cm³/mol. The van der Waals surface area contributed by atoms with Crippen molar-refractivity contribution in [2.75, 3.05) is 24.4 Å². The van der Waals surface area contributed by atoms with Crippen LogP contribution in [-0.2, 0) is 4.74 Å². The van der Waals surface area contributed by atoms with Crippen LogP contribution >= 0.6 is 11.6 Å². The second-order valence-electron chi connectivity index (χ2n) is 10.4. The number of aryl methyl sites for hydroxylation is 1. The van der Waals surface area contributed by atoms with Crippen LogP contribution in [-0.4, -0.2) is 57.4 Å². The number of anilines is 1. The molecule has 0 saturated heterocycles. The summed E-state index contributed by atoms with van der Waals surface area (Å²) in [5.41, 5.74) is 1.96. The SMILES string of the molecule is COC(=O)c1c(C)[nH]c2c(OC(=O)Oc3ccc([N+](=O)[O-])cc3)cc3c(c12)[C@H](CCl)CN3C(=O)c1cc2cc([N+](=O)[O-])ccc2[nH]1. The molecule has 1 aliphatic heterocycles. The molecule has 3 aromatic carbocycles. The van der Waals surface area contributed by atoms with E-state index in [2.05, 4.69) is 9.97 Å². The van der Waals surface area contributed by atoms with Crippen LogP contribution in [0.15, 0.2) is 54.6 Å². The van der Waals surface area contributed by atoms with E-state index in [0.29, 0.717) is 33.2 Å². The van der Waals surface area contributed by atoms with Gasteiger partial charge in [-0.05, 0) is 36.8 Å². The molecule has 1 amide bonds. The van der Waals surface area contributed by atoms with Crippen LogP contribution in [0.5, 0.6) is 11.5 Å². The van der Waals surface area contributed by atoms with E-state index in [9.17, 15) is 34.6 Å². The molecular formula is C30H22ClN5O10. The zero-order valence-electron chi connectivity index (χ0n) is 24.0. The van der Waals surface area contributed by atoms with Gasteiger partial charge in [-0.1, -0.05) is 0 Å². The predicted octanol–water partition coefficient (Wildman–Crippen LogP) is 6.12. The molecule has 0 spiro atoms. The van der Waals surface area contributed by atoms with E-state index in [1.807, 2.05) is 0 Å². The smallest absolute Gasteiger partial charge is 0.465 e. The van der Waals surface area contributed by atoms with E-state index < -0.39 is 33.8 Å². The minimum Gasteiger partial charge on any atom is -0.465 e.